The van der Waals surface area contributed by atoms with E-state index in [0.717, 1.165) is 13.0 Å². The molecule has 0 bridgehead atoms. The summed E-state index contributed by atoms with van der Waals surface area (Å²) in [6.07, 6.45) is 0.345. The summed E-state index contributed by atoms with van der Waals surface area (Å²) in [6.45, 7) is 3.40. The molecule has 0 saturated carbocycles. The average Bonchev–Trinajstić information content (AvgIpc) is 3.08. The maximum absolute atomic E-state index is 8.17. The van der Waals surface area contributed by atoms with Gasteiger partial charge in [-0.15, -0.1) is 0 Å². The first-order chi connectivity index (χ1) is 7.24. The first-order valence-corrected chi connectivity index (χ1v) is 5.00. The number of epoxide rings is 1. The molecule has 1 aliphatic heterocycles. The van der Waals surface area contributed by atoms with Crippen molar-refractivity contribution < 1.29 is 29.8 Å². The molecule has 6 nitrogen and oxygen atoms in total. The van der Waals surface area contributed by atoms with E-state index in [1.165, 1.54) is 0 Å². The van der Waals surface area contributed by atoms with Crippen LogP contribution in [-0.2, 0) is 14.5 Å². The van der Waals surface area contributed by atoms with E-state index in [9.17, 15) is 0 Å². The highest BCUT2D eigenvalue weighted by Crippen LogP contribution is 2.08. The molecule has 0 radical (unpaired) electrons. The van der Waals surface area contributed by atoms with Crippen LogP contribution in [0.4, 0.5) is 0 Å². The van der Waals surface area contributed by atoms with Crippen molar-refractivity contribution in [1.82, 2.24) is 0 Å². The molecular weight excluding hydrogens is 204 g/mol. The number of hydrogen-bond acceptors (Lipinski definition) is 6. The Bertz CT molecular complexity index is 124. The lowest BCUT2D eigenvalue weighted by molar-refractivity contribution is -0.295. The number of ether oxygens (including phenoxy) is 1. The quantitative estimate of drug-likeness (QED) is 0.224. The average molecular weight is 224 g/mol. The summed E-state index contributed by atoms with van der Waals surface area (Å²) in [5.74, 6) is 0. The second-order valence-electron chi connectivity index (χ2n) is 3.08. The van der Waals surface area contributed by atoms with Gasteiger partial charge in [-0.25, -0.2) is 9.78 Å². The van der Waals surface area contributed by atoms with E-state index in [-0.39, 0.29) is 13.2 Å². The van der Waals surface area contributed by atoms with Gasteiger partial charge in [-0.05, 0) is 6.42 Å². The molecule has 0 aromatic heterocycles. The van der Waals surface area contributed by atoms with E-state index in [0.29, 0.717) is 19.3 Å². The van der Waals surface area contributed by atoms with Crippen LogP contribution >= 0.6 is 0 Å². The maximum Gasteiger partial charge on any atom is 0.111 e. The summed E-state index contributed by atoms with van der Waals surface area (Å²) >= 11 is 0. The molecule has 1 heterocycles. The Morgan fingerprint density at radius 3 is 2.27 bits per heavy atom. The normalized spacial score (nSPS) is 18.6. The van der Waals surface area contributed by atoms with Gasteiger partial charge in [0.05, 0.1) is 26.4 Å². The summed E-state index contributed by atoms with van der Waals surface area (Å²) in [5.41, 5.74) is 0. The summed E-state index contributed by atoms with van der Waals surface area (Å²) in [5, 5.41) is 24.0. The molecule has 1 aliphatic rings. The fourth-order valence-electron chi connectivity index (χ4n) is 0.488. The molecule has 1 rings (SSSR count). The van der Waals surface area contributed by atoms with E-state index in [4.69, 9.17) is 29.8 Å². The van der Waals surface area contributed by atoms with Crippen molar-refractivity contribution in [2.75, 3.05) is 33.0 Å². The topological polar surface area (TPSA) is 91.7 Å². The van der Waals surface area contributed by atoms with E-state index in [1.807, 2.05) is 6.92 Å². The van der Waals surface area contributed by atoms with Crippen LogP contribution in [0.15, 0.2) is 0 Å². The van der Waals surface area contributed by atoms with Crippen LogP contribution < -0.4 is 0 Å². The Morgan fingerprint density at radius 2 is 1.93 bits per heavy atom. The summed E-state index contributed by atoms with van der Waals surface area (Å²) in [4.78, 5) is 9.53. The minimum atomic E-state index is -0.954. The zero-order valence-corrected chi connectivity index (χ0v) is 8.96. The fraction of sp³-hybridized carbons (Fsp3) is 1.00. The summed E-state index contributed by atoms with van der Waals surface area (Å²) < 4.78 is 4.88. The third-order valence-corrected chi connectivity index (χ3v) is 1.45. The molecule has 0 aliphatic carbocycles. The Labute approximate surface area is 89.3 Å². The SMILES string of the molecule is CCCOOCC1CO1.OCC(O)CO. The zero-order valence-electron chi connectivity index (χ0n) is 8.96. The molecule has 1 saturated heterocycles. The van der Waals surface area contributed by atoms with Crippen molar-refractivity contribution in [3.63, 3.8) is 0 Å². The lowest BCUT2D eigenvalue weighted by Gasteiger charge is -1.97. The highest BCUT2D eigenvalue weighted by molar-refractivity contribution is 4.65. The number of aliphatic hydroxyl groups is 3. The van der Waals surface area contributed by atoms with Crippen molar-refractivity contribution >= 4 is 0 Å². The molecule has 3 N–H and O–H groups in total. The standard InChI is InChI=1S/C6H12O3.C3H8O3/c1-2-3-8-9-5-6-4-7-6;4-1-3(6)2-5/h6H,2-5H2,1H3;3-6H,1-2H2. The van der Waals surface area contributed by atoms with Crippen LogP contribution in [0.25, 0.3) is 0 Å². The second-order valence-corrected chi connectivity index (χ2v) is 3.08. The van der Waals surface area contributed by atoms with Gasteiger partial charge in [-0.2, -0.15) is 0 Å². The molecular formula is C9H20O6. The lowest BCUT2D eigenvalue weighted by Crippen LogP contribution is -2.15. The molecule has 0 aromatic carbocycles. The van der Waals surface area contributed by atoms with Crippen LogP contribution in [0.5, 0.6) is 0 Å². The van der Waals surface area contributed by atoms with Gasteiger partial charge in [0, 0.05) is 0 Å². The minimum absolute atomic E-state index is 0.307. The van der Waals surface area contributed by atoms with Gasteiger partial charge in [0.2, 0.25) is 0 Å². The Morgan fingerprint density at radius 1 is 1.33 bits per heavy atom. The second kappa shape index (κ2) is 10.3. The largest absolute Gasteiger partial charge is 0.394 e. The van der Waals surface area contributed by atoms with Gasteiger partial charge in [-0.3, -0.25) is 0 Å². The number of rotatable bonds is 7. The molecule has 0 amide bonds. The zero-order chi connectivity index (χ0) is 11.5. The van der Waals surface area contributed by atoms with E-state index >= 15 is 0 Å². The molecule has 6 heteroatoms. The van der Waals surface area contributed by atoms with Crippen LogP contribution in [0.2, 0.25) is 0 Å². The Hall–Kier alpha value is -0.240. The van der Waals surface area contributed by atoms with Crippen molar-refractivity contribution in [3.05, 3.63) is 0 Å². The van der Waals surface area contributed by atoms with E-state index < -0.39 is 6.10 Å². The number of aliphatic hydroxyl groups excluding tert-OH is 3. The molecule has 1 unspecified atom stereocenters. The molecule has 0 aromatic rings. The summed E-state index contributed by atoms with van der Waals surface area (Å²) in [6, 6.07) is 0. The molecule has 15 heavy (non-hydrogen) atoms. The van der Waals surface area contributed by atoms with Crippen molar-refractivity contribution in [1.29, 1.82) is 0 Å². The third kappa shape index (κ3) is 11.7. The van der Waals surface area contributed by atoms with E-state index in [1.54, 1.807) is 0 Å². The van der Waals surface area contributed by atoms with Gasteiger partial charge < -0.3 is 20.1 Å². The Balaban J connectivity index is 0.000000288. The van der Waals surface area contributed by atoms with Gasteiger partial charge in [0.1, 0.15) is 18.8 Å². The van der Waals surface area contributed by atoms with Crippen LogP contribution in [0.1, 0.15) is 13.3 Å². The molecule has 92 valence electrons. The Kier molecular flexibility index (Phi) is 10.1. The maximum atomic E-state index is 8.17. The first kappa shape index (κ1) is 14.8. The monoisotopic (exact) mass is 224 g/mol. The number of hydrogen-bond donors (Lipinski definition) is 3. The van der Waals surface area contributed by atoms with Gasteiger partial charge in [-0.1, -0.05) is 6.92 Å². The smallest absolute Gasteiger partial charge is 0.111 e. The van der Waals surface area contributed by atoms with Crippen molar-refractivity contribution in [3.8, 4) is 0 Å². The van der Waals surface area contributed by atoms with Crippen LogP contribution in [0, 0.1) is 0 Å². The van der Waals surface area contributed by atoms with Gasteiger partial charge in [0.15, 0.2) is 0 Å². The summed E-state index contributed by atoms with van der Waals surface area (Å²) in [7, 11) is 0. The van der Waals surface area contributed by atoms with Gasteiger partial charge >= 0.3 is 0 Å². The van der Waals surface area contributed by atoms with Gasteiger partial charge in [0.25, 0.3) is 0 Å². The predicted octanol–water partition coefficient (Wildman–Crippen LogP) is -0.925. The molecule has 0 spiro atoms. The first-order valence-electron chi connectivity index (χ1n) is 5.00. The highest BCUT2D eigenvalue weighted by Gasteiger charge is 2.22. The van der Waals surface area contributed by atoms with Crippen molar-refractivity contribution in [2.45, 2.75) is 25.6 Å². The fourth-order valence-corrected chi connectivity index (χ4v) is 0.488. The van der Waals surface area contributed by atoms with Crippen LogP contribution in [-0.4, -0.2) is 60.6 Å². The minimum Gasteiger partial charge on any atom is -0.394 e. The van der Waals surface area contributed by atoms with Crippen LogP contribution in [0.3, 0.4) is 0 Å². The lowest BCUT2D eigenvalue weighted by atomic mass is 10.4. The third-order valence-electron chi connectivity index (χ3n) is 1.45. The van der Waals surface area contributed by atoms with E-state index in [2.05, 4.69) is 0 Å². The highest BCUT2D eigenvalue weighted by atomic mass is 17.2. The predicted molar refractivity (Wildman–Crippen MR) is 52.1 cm³/mol. The molecule has 1 atom stereocenters. The van der Waals surface area contributed by atoms with Crippen molar-refractivity contribution in [2.24, 2.45) is 0 Å². The molecule has 1 fully saturated rings.